The van der Waals surface area contributed by atoms with Gasteiger partial charge in [-0.25, -0.2) is 0 Å². The second-order valence-corrected chi connectivity index (χ2v) is 6.02. The van der Waals surface area contributed by atoms with Gasteiger partial charge in [0.1, 0.15) is 0 Å². The number of hydrogen-bond acceptors (Lipinski definition) is 5. The number of hydrogen-bond donors (Lipinski definition) is 1. The predicted molar refractivity (Wildman–Crippen MR) is 107 cm³/mol. The van der Waals surface area contributed by atoms with Gasteiger partial charge >= 0.3 is 0 Å². The Morgan fingerprint density at radius 3 is 2.36 bits per heavy atom. The third-order valence-electron chi connectivity index (χ3n) is 4.00. The second-order valence-electron chi connectivity index (χ2n) is 6.02. The summed E-state index contributed by atoms with van der Waals surface area (Å²) < 4.78 is 10.6. The first-order valence-electron chi connectivity index (χ1n) is 8.72. The van der Waals surface area contributed by atoms with E-state index in [9.17, 15) is 4.79 Å². The molecule has 0 spiro atoms. The molecule has 3 aromatic rings. The molecule has 6 heteroatoms. The average molecular weight is 371 g/mol. The maximum absolute atomic E-state index is 12.1. The molecule has 1 aliphatic heterocycles. The standard InChI is InChI=1S/C22H17N3O3/c26-22(13-7-16-6-12-20-21(14-16)28-15-27-20)23-17-8-10-19(11-9-17)25-24-18-4-2-1-3-5-18/h1-14H,15H2,(H,23,26)/b13-7+,25-24?. The van der Waals surface area contributed by atoms with E-state index >= 15 is 0 Å². The van der Waals surface area contributed by atoms with Crippen LogP contribution in [0.2, 0.25) is 0 Å². The lowest BCUT2D eigenvalue weighted by Crippen LogP contribution is -2.07. The largest absolute Gasteiger partial charge is 0.454 e. The van der Waals surface area contributed by atoms with Crippen LogP contribution in [-0.4, -0.2) is 12.7 Å². The fourth-order valence-corrected chi connectivity index (χ4v) is 2.59. The van der Waals surface area contributed by atoms with Gasteiger partial charge in [0.25, 0.3) is 0 Å². The molecule has 0 aromatic heterocycles. The summed E-state index contributed by atoms with van der Waals surface area (Å²) in [7, 11) is 0. The maximum atomic E-state index is 12.1. The highest BCUT2D eigenvalue weighted by Crippen LogP contribution is 2.32. The van der Waals surface area contributed by atoms with E-state index < -0.39 is 0 Å². The van der Waals surface area contributed by atoms with Crippen molar-refractivity contribution in [1.29, 1.82) is 0 Å². The Morgan fingerprint density at radius 1 is 0.857 bits per heavy atom. The van der Waals surface area contributed by atoms with Gasteiger partial charge in [0.05, 0.1) is 11.4 Å². The molecular formula is C22H17N3O3. The number of benzene rings is 3. The summed E-state index contributed by atoms with van der Waals surface area (Å²) in [5, 5.41) is 11.2. The SMILES string of the molecule is O=C(/C=C/c1ccc2c(c1)OCO2)Nc1ccc(N=Nc2ccccc2)cc1. The fourth-order valence-electron chi connectivity index (χ4n) is 2.59. The summed E-state index contributed by atoms with van der Waals surface area (Å²) in [6.45, 7) is 0.226. The minimum Gasteiger partial charge on any atom is -0.454 e. The number of nitrogens with one attached hydrogen (secondary N) is 1. The monoisotopic (exact) mass is 371 g/mol. The number of rotatable bonds is 5. The van der Waals surface area contributed by atoms with E-state index in [1.807, 2.05) is 48.5 Å². The van der Waals surface area contributed by atoms with Gasteiger partial charge < -0.3 is 14.8 Å². The highest BCUT2D eigenvalue weighted by atomic mass is 16.7. The van der Waals surface area contributed by atoms with Crippen LogP contribution in [0.3, 0.4) is 0 Å². The topological polar surface area (TPSA) is 72.3 Å². The van der Waals surface area contributed by atoms with Crippen molar-refractivity contribution < 1.29 is 14.3 Å². The molecule has 0 saturated carbocycles. The quantitative estimate of drug-likeness (QED) is 0.477. The van der Waals surface area contributed by atoms with Gasteiger partial charge in [-0.1, -0.05) is 24.3 Å². The van der Waals surface area contributed by atoms with Crippen LogP contribution in [0.5, 0.6) is 11.5 Å². The Morgan fingerprint density at radius 2 is 1.57 bits per heavy atom. The fraction of sp³-hybridized carbons (Fsp3) is 0.0455. The van der Waals surface area contributed by atoms with E-state index in [1.54, 1.807) is 30.3 Å². The van der Waals surface area contributed by atoms with Gasteiger partial charge in [0.15, 0.2) is 11.5 Å². The van der Waals surface area contributed by atoms with Crippen LogP contribution in [0, 0.1) is 0 Å². The van der Waals surface area contributed by atoms with Gasteiger partial charge in [-0.15, -0.1) is 0 Å². The van der Waals surface area contributed by atoms with E-state index in [-0.39, 0.29) is 12.7 Å². The molecule has 4 rings (SSSR count). The zero-order valence-corrected chi connectivity index (χ0v) is 14.9. The summed E-state index contributed by atoms with van der Waals surface area (Å²) in [6.07, 6.45) is 3.19. The molecule has 0 aliphatic carbocycles. The summed E-state index contributed by atoms with van der Waals surface area (Å²) in [5.74, 6) is 1.17. The van der Waals surface area contributed by atoms with Crippen LogP contribution in [0.15, 0.2) is 89.1 Å². The number of carbonyl (C=O) groups excluding carboxylic acids is 1. The molecule has 1 N–H and O–H groups in total. The van der Waals surface area contributed by atoms with Crippen LogP contribution in [0.4, 0.5) is 17.1 Å². The highest BCUT2D eigenvalue weighted by Gasteiger charge is 2.12. The molecule has 0 bridgehead atoms. The maximum Gasteiger partial charge on any atom is 0.248 e. The smallest absolute Gasteiger partial charge is 0.248 e. The van der Waals surface area contributed by atoms with Crippen molar-refractivity contribution in [3.63, 3.8) is 0 Å². The zero-order valence-electron chi connectivity index (χ0n) is 14.9. The molecular weight excluding hydrogens is 354 g/mol. The van der Waals surface area contributed by atoms with Crippen molar-refractivity contribution in [3.8, 4) is 11.5 Å². The first kappa shape index (κ1) is 17.5. The van der Waals surface area contributed by atoms with Crippen molar-refractivity contribution in [3.05, 3.63) is 84.4 Å². The van der Waals surface area contributed by atoms with Crippen LogP contribution < -0.4 is 14.8 Å². The molecule has 0 radical (unpaired) electrons. The minimum atomic E-state index is -0.226. The number of azo groups is 1. The molecule has 0 unspecified atom stereocenters. The number of anilines is 1. The van der Waals surface area contributed by atoms with E-state index in [0.29, 0.717) is 22.9 Å². The summed E-state index contributed by atoms with van der Waals surface area (Å²) >= 11 is 0. The average Bonchev–Trinajstić information content (AvgIpc) is 3.20. The molecule has 1 aliphatic rings. The molecule has 28 heavy (non-hydrogen) atoms. The lowest BCUT2D eigenvalue weighted by atomic mass is 10.2. The lowest BCUT2D eigenvalue weighted by molar-refractivity contribution is -0.111. The van der Waals surface area contributed by atoms with Crippen molar-refractivity contribution in [2.75, 3.05) is 12.1 Å². The summed E-state index contributed by atoms with van der Waals surface area (Å²) in [6, 6.07) is 22.2. The number of amides is 1. The highest BCUT2D eigenvalue weighted by molar-refractivity contribution is 6.02. The molecule has 1 heterocycles. The van der Waals surface area contributed by atoms with Crippen molar-refractivity contribution in [2.24, 2.45) is 10.2 Å². The molecule has 6 nitrogen and oxygen atoms in total. The van der Waals surface area contributed by atoms with E-state index in [0.717, 1.165) is 11.3 Å². The summed E-state index contributed by atoms with van der Waals surface area (Å²) in [4.78, 5) is 12.1. The van der Waals surface area contributed by atoms with Crippen LogP contribution in [-0.2, 0) is 4.79 Å². The number of nitrogens with zero attached hydrogens (tertiary/aromatic N) is 2. The normalized spacial score (nSPS) is 12.6. The van der Waals surface area contributed by atoms with Gasteiger partial charge in [0, 0.05) is 11.8 Å². The molecule has 0 atom stereocenters. The minimum absolute atomic E-state index is 0.226. The van der Waals surface area contributed by atoms with Crippen molar-refractivity contribution >= 4 is 29.0 Å². The number of fused-ring (bicyclic) bond motifs is 1. The third kappa shape index (κ3) is 4.42. The molecule has 1 amide bonds. The Kier molecular flexibility index (Phi) is 5.11. The second kappa shape index (κ2) is 8.18. The van der Waals surface area contributed by atoms with E-state index in [1.165, 1.54) is 6.08 Å². The number of carbonyl (C=O) groups is 1. The van der Waals surface area contributed by atoms with Crippen LogP contribution >= 0.6 is 0 Å². The van der Waals surface area contributed by atoms with Gasteiger partial charge in [0.2, 0.25) is 12.7 Å². The van der Waals surface area contributed by atoms with Crippen molar-refractivity contribution in [1.82, 2.24) is 0 Å². The first-order valence-corrected chi connectivity index (χ1v) is 8.72. The molecule has 138 valence electrons. The van der Waals surface area contributed by atoms with Crippen LogP contribution in [0.25, 0.3) is 6.08 Å². The Balaban J connectivity index is 1.35. The third-order valence-corrected chi connectivity index (χ3v) is 4.00. The molecule has 0 saturated heterocycles. The molecule has 3 aromatic carbocycles. The number of ether oxygens (including phenoxy) is 2. The Hall–Kier alpha value is -3.93. The van der Waals surface area contributed by atoms with E-state index in [4.69, 9.17) is 9.47 Å². The van der Waals surface area contributed by atoms with Gasteiger partial charge in [-0.2, -0.15) is 10.2 Å². The van der Waals surface area contributed by atoms with Crippen molar-refractivity contribution in [2.45, 2.75) is 0 Å². The lowest BCUT2D eigenvalue weighted by Gasteiger charge is -2.02. The zero-order chi connectivity index (χ0) is 19.2. The summed E-state index contributed by atoms with van der Waals surface area (Å²) in [5.41, 5.74) is 3.03. The molecule has 0 fully saturated rings. The van der Waals surface area contributed by atoms with Crippen LogP contribution in [0.1, 0.15) is 5.56 Å². The predicted octanol–water partition coefficient (Wildman–Crippen LogP) is 5.48. The first-order chi connectivity index (χ1) is 13.8. The van der Waals surface area contributed by atoms with Gasteiger partial charge in [-0.05, 0) is 60.2 Å². The Bertz CT molecular complexity index is 1030. The van der Waals surface area contributed by atoms with E-state index in [2.05, 4.69) is 15.5 Å². The Labute approximate surface area is 162 Å². The van der Waals surface area contributed by atoms with Gasteiger partial charge in [-0.3, -0.25) is 4.79 Å².